The largest absolute Gasteiger partial charge is 0.295 e. The van der Waals surface area contributed by atoms with Crippen LogP contribution >= 0.6 is 11.3 Å². The molecule has 0 saturated heterocycles. The van der Waals surface area contributed by atoms with Crippen LogP contribution in [0.25, 0.3) is 10.2 Å². The first-order chi connectivity index (χ1) is 10.1. The molecule has 2 nitrogen and oxygen atoms in total. The van der Waals surface area contributed by atoms with Gasteiger partial charge in [0.1, 0.15) is 5.01 Å². The van der Waals surface area contributed by atoms with Crippen LogP contribution in [0.4, 0.5) is 8.78 Å². The molecule has 3 rings (SSSR count). The molecule has 0 spiro atoms. The van der Waals surface area contributed by atoms with Crippen molar-refractivity contribution < 1.29 is 8.78 Å². The average Bonchev–Trinajstić information content (AvgIpc) is 2.86. The van der Waals surface area contributed by atoms with Crippen LogP contribution in [0.5, 0.6) is 0 Å². The molecule has 3 aromatic rings. The second-order valence-corrected chi connectivity index (χ2v) is 6.08. The number of para-hydroxylation sites is 1. The van der Waals surface area contributed by atoms with Gasteiger partial charge in [0, 0.05) is 12.1 Å². The van der Waals surface area contributed by atoms with Gasteiger partial charge in [0.15, 0.2) is 11.6 Å². The fraction of sp³-hybridized carbons (Fsp3) is 0.188. The van der Waals surface area contributed by atoms with Gasteiger partial charge >= 0.3 is 0 Å². The van der Waals surface area contributed by atoms with Crippen molar-refractivity contribution in [3.63, 3.8) is 0 Å². The molecule has 1 aromatic heterocycles. The Morgan fingerprint density at radius 1 is 1.05 bits per heavy atom. The minimum absolute atomic E-state index is 0.347. The fourth-order valence-corrected chi connectivity index (χ4v) is 3.28. The van der Waals surface area contributed by atoms with Crippen LogP contribution in [0, 0.1) is 11.6 Å². The van der Waals surface area contributed by atoms with Crippen LogP contribution in [0.2, 0.25) is 0 Å². The van der Waals surface area contributed by atoms with Crippen molar-refractivity contribution in [1.29, 1.82) is 0 Å². The summed E-state index contributed by atoms with van der Waals surface area (Å²) in [5.74, 6) is -1.57. The van der Waals surface area contributed by atoms with E-state index in [4.69, 9.17) is 0 Å². The van der Waals surface area contributed by atoms with E-state index in [2.05, 4.69) is 4.98 Å². The first-order valence-corrected chi connectivity index (χ1v) is 7.41. The molecule has 0 fully saturated rings. The van der Waals surface area contributed by atoms with Gasteiger partial charge in [-0.3, -0.25) is 4.90 Å². The van der Waals surface area contributed by atoms with E-state index in [1.54, 1.807) is 17.4 Å². The van der Waals surface area contributed by atoms with Gasteiger partial charge in [-0.1, -0.05) is 24.3 Å². The van der Waals surface area contributed by atoms with Crippen molar-refractivity contribution in [1.82, 2.24) is 9.88 Å². The molecule has 1 heterocycles. The molecule has 0 amide bonds. The number of benzene rings is 2. The highest BCUT2D eigenvalue weighted by atomic mass is 32.1. The van der Waals surface area contributed by atoms with Crippen molar-refractivity contribution >= 4 is 21.6 Å². The van der Waals surface area contributed by atoms with E-state index >= 15 is 0 Å². The number of hydrogen-bond donors (Lipinski definition) is 0. The molecular weight excluding hydrogens is 290 g/mol. The summed E-state index contributed by atoms with van der Waals surface area (Å²) in [5, 5.41) is 0.968. The zero-order chi connectivity index (χ0) is 14.8. The van der Waals surface area contributed by atoms with E-state index in [0.29, 0.717) is 18.7 Å². The van der Waals surface area contributed by atoms with Crippen LogP contribution in [-0.2, 0) is 13.1 Å². The first kappa shape index (κ1) is 14.1. The third kappa shape index (κ3) is 3.09. The van der Waals surface area contributed by atoms with Gasteiger partial charge in [-0.2, -0.15) is 0 Å². The van der Waals surface area contributed by atoms with E-state index in [9.17, 15) is 8.78 Å². The monoisotopic (exact) mass is 304 g/mol. The maximum atomic E-state index is 13.7. The second kappa shape index (κ2) is 5.87. The van der Waals surface area contributed by atoms with E-state index < -0.39 is 11.6 Å². The molecule has 108 valence electrons. The Kier molecular flexibility index (Phi) is 3.94. The Hall–Kier alpha value is -1.85. The average molecular weight is 304 g/mol. The van der Waals surface area contributed by atoms with Gasteiger partial charge in [0.05, 0.1) is 16.8 Å². The molecule has 0 unspecified atom stereocenters. The first-order valence-electron chi connectivity index (χ1n) is 6.59. The summed E-state index contributed by atoms with van der Waals surface area (Å²) < 4.78 is 28.0. The molecule has 2 aromatic carbocycles. The third-order valence-electron chi connectivity index (χ3n) is 3.22. The van der Waals surface area contributed by atoms with E-state index in [0.717, 1.165) is 21.3 Å². The Balaban J connectivity index is 1.74. The topological polar surface area (TPSA) is 16.1 Å². The number of fused-ring (bicyclic) bond motifs is 1. The molecule has 0 aliphatic heterocycles. The molecule has 5 heteroatoms. The van der Waals surface area contributed by atoms with Crippen LogP contribution in [0.3, 0.4) is 0 Å². The van der Waals surface area contributed by atoms with Crippen molar-refractivity contribution in [3.8, 4) is 0 Å². The molecule has 0 aliphatic rings. The SMILES string of the molecule is CN(Cc1nc2ccccc2s1)Cc1cccc(F)c1F. The smallest absolute Gasteiger partial charge is 0.163 e. The van der Waals surface area contributed by atoms with Gasteiger partial charge in [0.25, 0.3) is 0 Å². The van der Waals surface area contributed by atoms with Gasteiger partial charge in [-0.05, 0) is 25.2 Å². The minimum Gasteiger partial charge on any atom is -0.295 e. The molecular formula is C16H14F2N2S. The minimum atomic E-state index is -0.805. The zero-order valence-electron chi connectivity index (χ0n) is 11.5. The highest BCUT2D eigenvalue weighted by Crippen LogP contribution is 2.23. The van der Waals surface area contributed by atoms with Crippen molar-refractivity contribution in [2.45, 2.75) is 13.1 Å². The summed E-state index contributed by atoms with van der Waals surface area (Å²) in [7, 11) is 1.87. The Morgan fingerprint density at radius 2 is 1.86 bits per heavy atom. The highest BCUT2D eigenvalue weighted by Gasteiger charge is 2.11. The number of aromatic nitrogens is 1. The lowest BCUT2D eigenvalue weighted by atomic mass is 10.2. The predicted molar refractivity (Wildman–Crippen MR) is 81.1 cm³/mol. The normalized spacial score (nSPS) is 11.4. The van der Waals surface area contributed by atoms with Crippen molar-refractivity contribution in [2.24, 2.45) is 0 Å². The zero-order valence-corrected chi connectivity index (χ0v) is 12.3. The highest BCUT2D eigenvalue weighted by molar-refractivity contribution is 7.18. The summed E-state index contributed by atoms with van der Waals surface area (Å²) in [6.07, 6.45) is 0. The Bertz CT molecular complexity index is 737. The molecule has 21 heavy (non-hydrogen) atoms. The summed E-state index contributed by atoms with van der Waals surface area (Å²) in [6, 6.07) is 12.2. The number of rotatable bonds is 4. The summed E-state index contributed by atoms with van der Waals surface area (Å²) in [4.78, 5) is 6.47. The quantitative estimate of drug-likeness (QED) is 0.718. The molecule has 0 aliphatic carbocycles. The van der Waals surface area contributed by atoms with Crippen molar-refractivity contribution in [2.75, 3.05) is 7.05 Å². The van der Waals surface area contributed by atoms with Gasteiger partial charge in [-0.15, -0.1) is 11.3 Å². The summed E-state index contributed by atoms with van der Waals surface area (Å²) >= 11 is 1.62. The maximum Gasteiger partial charge on any atom is 0.163 e. The molecule has 0 radical (unpaired) electrons. The molecule has 0 atom stereocenters. The summed E-state index contributed by atoms with van der Waals surface area (Å²) in [6.45, 7) is 0.953. The van der Waals surface area contributed by atoms with Crippen LogP contribution in [-0.4, -0.2) is 16.9 Å². The van der Waals surface area contributed by atoms with Crippen molar-refractivity contribution in [3.05, 3.63) is 64.7 Å². The van der Waals surface area contributed by atoms with E-state index in [-0.39, 0.29) is 0 Å². The van der Waals surface area contributed by atoms with Gasteiger partial charge < -0.3 is 0 Å². The maximum absolute atomic E-state index is 13.7. The lowest BCUT2D eigenvalue weighted by Gasteiger charge is -2.15. The Morgan fingerprint density at radius 3 is 2.67 bits per heavy atom. The van der Waals surface area contributed by atoms with Crippen LogP contribution in [0.15, 0.2) is 42.5 Å². The summed E-state index contributed by atoms with van der Waals surface area (Å²) in [5.41, 5.74) is 1.33. The molecule has 0 N–H and O–H groups in total. The predicted octanol–water partition coefficient (Wildman–Crippen LogP) is 4.21. The fourth-order valence-electron chi connectivity index (χ4n) is 2.24. The lowest BCUT2D eigenvalue weighted by Crippen LogP contribution is -2.18. The standard InChI is InChI=1S/C16H14F2N2S/c1-20(9-11-5-4-6-12(17)16(11)18)10-15-19-13-7-2-3-8-14(13)21-15/h2-8H,9-10H2,1H3. The van der Waals surface area contributed by atoms with E-state index in [1.807, 2.05) is 36.2 Å². The van der Waals surface area contributed by atoms with Crippen LogP contribution < -0.4 is 0 Å². The number of hydrogen-bond acceptors (Lipinski definition) is 3. The number of thiazole rings is 1. The molecule has 0 saturated carbocycles. The number of halogens is 2. The van der Waals surface area contributed by atoms with E-state index in [1.165, 1.54) is 6.07 Å². The second-order valence-electron chi connectivity index (χ2n) is 4.96. The lowest BCUT2D eigenvalue weighted by molar-refractivity contribution is 0.311. The Labute approximate surface area is 125 Å². The third-order valence-corrected chi connectivity index (χ3v) is 4.24. The number of nitrogens with zero attached hydrogens (tertiary/aromatic N) is 2. The van der Waals surface area contributed by atoms with Gasteiger partial charge in [-0.25, -0.2) is 13.8 Å². The van der Waals surface area contributed by atoms with Crippen LogP contribution in [0.1, 0.15) is 10.6 Å². The molecule has 0 bridgehead atoms. The van der Waals surface area contributed by atoms with Gasteiger partial charge in [0.2, 0.25) is 0 Å².